The van der Waals surface area contributed by atoms with Crippen LogP contribution >= 0.6 is 11.6 Å². The van der Waals surface area contributed by atoms with Crippen molar-refractivity contribution in [1.29, 1.82) is 0 Å². The first-order valence-electron chi connectivity index (χ1n) is 9.03. The van der Waals surface area contributed by atoms with Crippen molar-refractivity contribution in [2.75, 3.05) is 4.90 Å². The molecule has 0 aromatic carbocycles. The first-order chi connectivity index (χ1) is 13.6. The van der Waals surface area contributed by atoms with Crippen molar-refractivity contribution in [1.82, 2.24) is 25.2 Å². The second kappa shape index (κ2) is 6.73. The molecule has 0 spiro atoms. The number of ether oxygens (including phenoxy) is 1. The van der Waals surface area contributed by atoms with E-state index in [-0.39, 0.29) is 22.8 Å². The van der Waals surface area contributed by atoms with Crippen LogP contribution in [0.15, 0.2) is 18.0 Å². The summed E-state index contributed by atoms with van der Waals surface area (Å²) in [4.78, 5) is 41.7. The van der Waals surface area contributed by atoms with Gasteiger partial charge in [0.2, 0.25) is 5.95 Å². The highest BCUT2D eigenvalue weighted by Crippen LogP contribution is 2.34. The predicted molar refractivity (Wildman–Crippen MR) is 104 cm³/mol. The molecule has 1 aliphatic heterocycles. The molecule has 0 radical (unpaired) electrons. The van der Waals surface area contributed by atoms with Crippen LogP contribution in [0.5, 0.6) is 0 Å². The number of carbonyl (C=O) groups is 3. The lowest BCUT2D eigenvalue weighted by Crippen LogP contribution is -2.40. The van der Waals surface area contributed by atoms with E-state index < -0.39 is 23.6 Å². The number of aromatic nitrogens is 3. The highest BCUT2D eigenvalue weighted by Gasteiger charge is 2.39. The maximum absolute atomic E-state index is 12.8. The van der Waals surface area contributed by atoms with Gasteiger partial charge in [0, 0.05) is 17.7 Å². The summed E-state index contributed by atoms with van der Waals surface area (Å²) in [6.45, 7) is 5.36. The Morgan fingerprint density at radius 1 is 1.34 bits per heavy atom. The number of anilines is 1. The molecule has 2 fully saturated rings. The second-order valence-electron chi connectivity index (χ2n) is 7.82. The molecular weight excluding hydrogens is 400 g/mol. The second-order valence-corrected chi connectivity index (χ2v) is 8.21. The van der Waals surface area contributed by atoms with Gasteiger partial charge in [-0.1, -0.05) is 11.6 Å². The van der Waals surface area contributed by atoms with Gasteiger partial charge in [-0.2, -0.15) is 9.61 Å². The number of carbonyl (C=O) groups excluding carboxylic acids is 3. The van der Waals surface area contributed by atoms with Crippen LogP contribution in [0.4, 0.5) is 15.5 Å². The number of nitrogens with zero attached hydrogens (tertiary/aromatic N) is 4. The van der Waals surface area contributed by atoms with Gasteiger partial charge in [-0.05, 0) is 39.7 Å². The average Bonchev–Trinajstić information content (AvgIpc) is 3.25. The molecular formula is C18H19ClN6O4. The predicted octanol–water partition coefficient (Wildman–Crippen LogP) is 2.47. The number of urea groups is 1. The van der Waals surface area contributed by atoms with Crippen LogP contribution in [0.2, 0.25) is 5.15 Å². The van der Waals surface area contributed by atoms with E-state index in [1.54, 1.807) is 26.8 Å². The van der Waals surface area contributed by atoms with E-state index in [4.69, 9.17) is 16.3 Å². The van der Waals surface area contributed by atoms with E-state index in [0.717, 1.165) is 12.8 Å². The SMILES string of the molecule is CC(C)(C)OC(=O)N(c1nc(Cl)cc2c(/C=C3\NC(=O)NC3=O)cnn12)C1CC1. The lowest BCUT2D eigenvalue weighted by Gasteiger charge is -2.26. The maximum atomic E-state index is 12.8. The van der Waals surface area contributed by atoms with Gasteiger partial charge in [0.25, 0.3) is 5.91 Å². The van der Waals surface area contributed by atoms with E-state index in [1.165, 1.54) is 21.7 Å². The fourth-order valence-corrected chi connectivity index (χ4v) is 3.08. The minimum absolute atomic E-state index is 0.0510. The van der Waals surface area contributed by atoms with Crippen LogP contribution in [0.25, 0.3) is 11.6 Å². The number of imide groups is 1. The van der Waals surface area contributed by atoms with Crippen molar-refractivity contribution < 1.29 is 19.1 Å². The number of nitrogens with one attached hydrogen (secondary N) is 2. The fourth-order valence-electron chi connectivity index (χ4n) is 2.91. The molecule has 1 saturated carbocycles. The number of halogens is 1. The number of amides is 4. The summed E-state index contributed by atoms with van der Waals surface area (Å²) < 4.78 is 7.00. The Hall–Kier alpha value is -3.14. The number of rotatable bonds is 3. The number of fused-ring (bicyclic) bond motifs is 1. The molecule has 29 heavy (non-hydrogen) atoms. The Morgan fingerprint density at radius 2 is 2.07 bits per heavy atom. The Bertz CT molecular complexity index is 1070. The first kappa shape index (κ1) is 19.2. The molecule has 2 aromatic heterocycles. The third-order valence-electron chi connectivity index (χ3n) is 4.23. The number of hydrogen-bond donors (Lipinski definition) is 2. The lowest BCUT2D eigenvalue weighted by atomic mass is 10.2. The summed E-state index contributed by atoms with van der Waals surface area (Å²) in [7, 11) is 0. The molecule has 2 N–H and O–H groups in total. The van der Waals surface area contributed by atoms with E-state index in [0.29, 0.717) is 11.1 Å². The highest BCUT2D eigenvalue weighted by atomic mass is 35.5. The van der Waals surface area contributed by atoms with Crippen LogP contribution in [0.1, 0.15) is 39.2 Å². The topological polar surface area (TPSA) is 118 Å². The molecule has 2 aliphatic rings. The Morgan fingerprint density at radius 3 is 2.66 bits per heavy atom. The summed E-state index contributed by atoms with van der Waals surface area (Å²) in [6.07, 6.45) is 4.09. The zero-order chi connectivity index (χ0) is 20.9. The van der Waals surface area contributed by atoms with Crippen LogP contribution in [-0.2, 0) is 9.53 Å². The van der Waals surface area contributed by atoms with Gasteiger partial charge in [-0.15, -0.1) is 0 Å². The third kappa shape index (κ3) is 3.88. The summed E-state index contributed by atoms with van der Waals surface area (Å²) >= 11 is 6.23. The zero-order valence-corrected chi connectivity index (χ0v) is 16.8. The lowest BCUT2D eigenvalue weighted by molar-refractivity contribution is -0.115. The average molecular weight is 419 g/mol. The van der Waals surface area contributed by atoms with E-state index in [1.807, 2.05) is 0 Å². The summed E-state index contributed by atoms with van der Waals surface area (Å²) in [6, 6.07) is 0.923. The normalized spacial score (nSPS) is 18.1. The largest absolute Gasteiger partial charge is 0.443 e. The maximum Gasteiger partial charge on any atom is 0.417 e. The van der Waals surface area contributed by atoms with Gasteiger partial charge in [0.15, 0.2) is 0 Å². The summed E-state index contributed by atoms with van der Waals surface area (Å²) in [5.74, 6) is -0.308. The molecule has 10 nitrogen and oxygen atoms in total. The monoisotopic (exact) mass is 418 g/mol. The molecule has 0 atom stereocenters. The quantitative estimate of drug-likeness (QED) is 0.449. The van der Waals surface area contributed by atoms with Gasteiger partial charge in [-0.3, -0.25) is 10.1 Å². The first-order valence-corrected chi connectivity index (χ1v) is 9.41. The smallest absolute Gasteiger partial charge is 0.417 e. The van der Waals surface area contributed by atoms with E-state index in [2.05, 4.69) is 20.7 Å². The zero-order valence-electron chi connectivity index (χ0n) is 16.0. The fraction of sp³-hybridized carbons (Fsp3) is 0.389. The Balaban J connectivity index is 1.78. The van der Waals surface area contributed by atoms with Crippen LogP contribution < -0.4 is 15.5 Å². The molecule has 3 heterocycles. The van der Waals surface area contributed by atoms with Gasteiger partial charge in [0.05, 0.1) is 11.7 Å². The van der Waals surface area contributed by atoms with E-state index >= 15 is 0 Å². The van der Waals surface area contributed by atoms with Crippen molar-refractivity contribution in [2.24, 2.45) is 0 Å². The van der Waals surface area contributed by atoms with Gasteiger partial charge >= 0.3 is 12.1 Å². The molecule has 1 saturated heterocycles. The van der Waals surface area contributed by atoms with Crippen LogP contribution in [-0.4, -0.2) is 44.3 Å². The van der Waals surface area contributed by atoms with Crippen molar-refractivity contribution in [3.05, 3.63) is 28.7 Å². The Kier molecular flexibility index (Phi) is 4.45. The standard InChI is InChI=1S/C18H19ClN6O4/c1-18(2,3)29-17(28)24(10-4-5-10)16-22-13(19)7-12-9(8-20-25(12)16)6-11-14(26)23-15(27)21-11/h6-8,10H,4-5H2,1-3H3,(H2,21,23,26,27)/b11-6-. The Labute approximate surface area is 170 Å². The van der Waals surface area contributed by atoms with Gasteiger partial charge in [-0.25, -0.2) is 19.5 Å². The van der Waals surface area contributed by atoms with Gasteiger partial charge < -0.3 is 10.1 Å². The van der Waals surface area contributed by atoms with Crippen molar-refractivity contribution in [2.45, 2.75) is 45.3 Å². The molecule has 0 bridgehead atoms. The minimum atomic E-state index is -0.671. The molecule has 152 valence electrons. The third-order valence-corrected chi connectivity index (χ3v) is 4.42. The molecule has 4 rings (SSSR count). The van der Waals surface area contributed by atoms with E-state index in [9.17, 15) is 14.4 Å². The molecule has 2 aromatic rings. The van der Waals surface area contributed by atoms with Crippen molar-refractivity contribution in [3.63, 3.8) is 0 Å². The molecule has 0 unspecified atom stereocenters. The molecule has 11 heteroatoms. The summed E-state index contributed by atoms with van der Waals surface area (Å²) in [5.41, 5.74) is 0.472. The minimum Gasteiger partial charge on any atom is -0.443 e. The highest BCUT2D eigenvalue weighted by molar-refractivity contribution is 6.30. The summed E-state index contributed by atoms with van der Waals surface area (Å²) in [5, 5.41) is 9.03. The van der Waals surface area contributed by atoms with Crippen LogP contribution in [0.3, 0.4) is 0 Å². The molecule has 4 amide bonds. The number of hydrogen-bond acceptors (Lipinski definition) is 6. The van der Waals surface area contributed by atoms with Gasteiger partial charge in [0.1, 0.15) is 16.5 Å². The molecule has 1 aliphatic carbocycles. The van der Waals surface area contributed by atoms with Crippen LogP contribution in [0, 0.1) is 0 Å². The van der Waals surface area contributed by atoms with Crippen molar-refractivity contribution >= 4 is 47.2 Å². The van der Waals surface area contributed by atoms with Crippen molar-refractivity contribution in [3.8, 4) is 0 Å².